The number of hydrogen-bond donors (Lipinski definition) is 1. The van der Waals surface area contributed by atoms with Crippen molar-refractivity contribution in [2.24, 2.45) is 0 Å². The van der Waals surface area contributed by atoms with Crippen LogP contribution >= 0.6 is 0 Å². The molecule has 1 fully saturated rings. The highest BCUT2D eigenvalue weighted by molar-refractivity contribution is 4.74. The maximum atomic E-state index is 3.60. The van der Waals surface area contributed by atoms with Crippen LogP contribution in [0.3, 0.4) is 0 Å². The highest BCUT2D eigenvalue weighted by Gasteiger charge is 2.13. The number of likely N-dealkylation sites (N-methyl/N-ethyl adjacent to an activating group) is 1. The van der Waals surface area contributed by atoms with Gasteiger partial charge in [-0.1, -0.05) is 0 Å². The first-order valence-corrected chi connectivity index (χ1v) is 5.25. The van der Waals surface area contributed by atoms with E-state index in [4.69, 9.17) is 0 Å². The average molecular weight is 185 g/mol. The first-order valence-electron chi connectivity index (χ1n) is 5.25. The van der Waals surface area contributed by atoms with Gasteiger partial charge < -0.3 is 15.1 Å². The third-order valence-electron chi connectivity index (χ3n) is 2.71. The Balaban J connectivity index is 2.18. The summed E-state index contributed by atoms with van der Waals surface area (Å²) in [4.78, 5) is 4.67. The van der Waals surface area contributed by atoms with Gasteiger partial charge in [0.15, 0.2) is 0 Å². The summed E-state index contributed by atoms with van der Waals surface area (Å²) < 4.78 is 0. The van der Waals surface area contributed by atoms with Gasteiger partial charge in [0.05, 0.1) is 0 Å². The van der Waals surface area contributed by atoms with Gasteiger partial charge in [0, 0.05) is 19.1 Å². The molecule has 0 aromatic heterocycles. The van der Waals surface area contributed by atoms with Crippen molar-refractivity contribution in [3.63, 3.8) is 0 Å². The zero-order chi connectivity index (χ0) is 9.68. The van der Waals surface area contributed by atoms with Gasteiger partial charge in [-0.25, -0.2) is 0 Å². The SMILES string of the molecule is CN(C)CCC1CCN(C)CCN1. The van der Waals surface area contributed by atoms with Crippen LogP contribution in [-0.4, -0.2) is 63.2 Å². The van der Waals surface area contributed by atoms with Crippen LogP contribution in [0, 0.1) is 0 Å². The molecular weight excluding hydrogens is 162 g/mol. The van der Waals surface area contributed by atoms with Crippen LogP contribution in [0.4, 0.5) is 0 Å². The fourth-order valence-electron chi connectivity index (χ4n) is 1.71. The maximum Gasteiger partial charge on any atom is 0.0104 e. The smallest absolute Gasteiger partial charge is 0.0104 e. The van der Waals surface area contributed by atoms with E-state index in [-0.39, 0.29) is 0 Å². The number of nitrogens with zero attached hydrogens (tertiary/aromatic N) is 2. The fraction of sp³-hybridized carbons (Fsp3) is 1.00. The Morgan fingerprint density at radius 3 is 2.85 bits per heavy atom. The molecule has 1 aliphatic rings. The highest BCUT2D eigenvalue weighted by atomic mass is 15.1. The monoisotopic (exact) mass is 185 g/mol. The van der Waals surface area contributed by atoms with Crippen molar-refractivity contribution >= 4 is 0 Å². The molecule has 0 bridgehead atoms. The van der Waals surface area contributed by atoms with Gasteiger partial charge in [-0.05, 0) is 47.1 Å². The molecule has 0 aromatic rings. The zero-order valence-corrected chi connectivity index (χ0v) is 9.21. The quantitative estimate of drug-likeness (QED) is 0.679. The topological polar surface area (TPSA) is 18.5 Å². The molecule has 1 unspecified atom stereocenters. The predicted octanol–water partition coefficient (Wildman–Crippen LogP) is 0.232. The van der Waals surface area contributed by atoms with Crippen LogP contribution in [0.1, 0.15) is 12.8 Å². The molecule has 1 saturated heterocycles. The molecule has 13 heavy (non-hydrogen) atoms. The van der Waals surface area contributed by atoms with Crippen LogP contribution in [-0.2, 0) is 0 Å². The summed E-state index contributed by atoms with van der Waals surface area (Å²) in [5, 5.41) is 3.60. The van der Waals surface area contributed by atoms with Gasteiger partial charge in [-0.2, -0.15) is 0 Å². The maximum absolute atomic E-state index is 3.60. The van der Waals surface area contributed by atoms with Gasteiger partial charge in [-0.3, -0.25) is 0 Å². The van der Waals surface area contributed by atoms with Crippen LogP contribution in [0.25, 0.3) is 0 Å². The lowest BCUT2D eigenvalue weighted by atomic mass is 10.1. The fourth-order valence-corrected chi connectivity index (χ4v) is 1.71. The van der Waals surface area contributed by atoms with E-state index in [0.717, 1.165) is 12.6 Å². The Labute approximate surface area is 82.1 Å². The average Bonchev–Trinajstić information content (AvgIpc) is 2.27. The van der Waals surface area contributed by atoms with Crippen molar-refractivity contribution in [3.05, 3.63) is 0 Å². The first kappa shape index (κ1) is 11.0. The van der Waals surface area contributed by atoms with Crippen molar-refractivity contribution in [2.75, 3.05) is 47.3 Å². The van der Waals surface area contributed by atoms with Crippen molar-refractivity contribution in [3.8, 4) is 0 Å². The largest absolute Gasteiger partial charge is 0.313 e. The summed E-state index contributed by atoms with van der Waals surface area (Å²) >= 11 is 0. The second-order valence-electron chi connectivity index (χ2n) is 4.33. The lowest BCUT2D eigenvalue weighted by molar-refractivity contribution is 0.339. The molecule has 0 amide bonds. The van der Waals surface area contributed by atoms with E-state index in [1.807, 2.05) is 0 Å². The molecule has 0 saturated carbocycles. The second-order valence-corrected chi connectivity index (χ2v) is 4.33. The molecule has 0 aromatic carbocycles. The minimum atomic E-state index is 0.729. The molecule has 3 nitrogen and oxygen atoms in total. The van der Waals surface area contributed by atoms with E-state index in [9.17, 15) is 0 Å². The van der Waals surface area contributed by atoms with E-state index < -0.39 is 0 Å². The lowest BCUT2D eigenvalue weighted by Crippen LogP contribution is -2.32. The summed E-state index contributed by atoms with van der Waals surface area (Å²) in [6, 6.07) is 0.729. The Morgan fingerprint density at radius 1 is 1.38 bits per heavy atom. The summed E-state index contributed by atoms with van der Waals surface area (Å²) in [6.45, 7) is 4.78. The zero-order valence-electron chi connectivity index (χ0n) is 9.21. The minimum Gasteiger partial charge on any atom is -0.313 e. The van der Waals surface area contributed by atoms with Gasteiger partial charge in [0.2, 0.25) is 0 Å². The molecule has 1 rings (SSSR count). The third-order valence-corrected chi connectivity index (χ3v) is 2.71. The van der Waals surface area contributed by atoms with E-state index in [2.05, 4.69) is 36.3 Å². The molecule has 78 valence electrons. The van der Waals surface area contributed by atoms with E-state index >= 15 is 0 Å². The standard InChI is InChI=1S/C10H23N3/c1-12(2)7-4-10-5-8-13(3)9-6-11-10/h10-11H,4-9H2,1-3H3. The molecule has 1 heterocycles. The Bertz CT molecular complexity index is 136. The van der Waals surface area contributed by atoms with Crippen LogP contribution in [0.2, 0.25) is 0 Å². The predicted molar refractivity (Wildman–Crippen MR) is 57.1 cm³/mol. The van der Waals surface area contributed by atoms with E-state index in [1.54, 1.807) is 0 Å². The molecule has 3 heteroatoms. The lowest BCUT2D eigenvalue weighted by Gasteiger charge is -2.18. The van der Waals surface area contributed by atoms with Gasteiger partial charge in [0.1, 0.15) is 0 Å². The van der Waals surface area contributed by atoms with Gasteiger partial charge >= 0.3 is 0 Å². The van der Waals surface area contributed by atoms with E-state index in [1.165, 1.54) is 32.5 Å². The minimum absolute atomic E-state index is 0.729. The Hall–Kier alpha value is -0.120. The number of hydrogen-bond acceptors (Lipinski definition) is 3. The van der Waals surface area contributed by atoms with Gasteiger partial charge in [0.25, 0.3) is 0 Å². The molecule has 0 aliphatic carbocycles. The van der Waals surface area contributed by atoms with Crippen LogP contribution < -0.4 is 5.32 Å². The highest BCUT2D eigenvalue weighted by Crippen LogP contribution is 2.03. The van der Waals surface area contributed by atoms with Crippen LogP contribution in [0.5, 0.6) is 0 Å². The second kappa shape index (κ2) is 5.58. The Kier molecular flexibility index (Phi) is 4.70. The normalized spacial score (nSPS) is 26.3. The Morgan fingerprint density at radius 2 is 2.15 bits per heavy atom. The van der Waals surface area contributed by atoms with E-state index in [0.29, 0.717) is 0 Å². The number of nitrogens with one attached hydrogen (secondary N) is 1. The van der Waals surface area contributed by atoms with Crippen molar-refractivity contribution in [1.82, 2.24) is 15.1 Å². The first-order chi connectivity index (χ1) is 6.18. The molecule has 0 spiro atoms. The summed E-state index contributed by atoms with van der Waals surface area (Å²) in [5.74, 6) is 0. The van der Waals surface area contributed by atoms with Crippen LogP contribution in [0.15, 0.2) is 0 Å². The molecule has 1 N–H and O–H groups in total. The molecule has 1 atom stereocenters. The van der Waals surface area contributed by atoms with Crippen molar-refractivity contribution in [2.45, 2.75) is 18.9 Å². The molecule has 1 aliphatic heterocycles. The summed E-state index contributed by atoms with van der Waals surface area (Å²) in [5.41, 5.74) is 0. The summed E-state index contributed by atoms with van der Waals surface area (Å²) in [7, 11) is 6.49. The molecule has 0 radical (unpaired) electrons. The van der Waals surface area contributed by atoms with Crippen molar-refractivity contribution < 1.29 is 0 Å². The summed E-state index contributed by atoms with van der Waals surface area (Å²) in [6.07, 6.45) is 2.57. The van der Waals surface area contributed by atoms with Gasteiger partial charge in [-0.15, -0.1) is 0 Å². The number of rotatable bonds is 3. The van der Waals surface area contributed by atoms with Crippen molar-refractivity contribution in [1.29, 1.82) is 0 Å². The molecular formula is C10H23N3. The third kappa shape index (κ3) is 4.60.